The third kappa shape index (κ3) is 12.4. The van der Waals surface area contributed by atoms with Crippen LogP contribution in [0.1, 0.15) is 99.7 Å². The monoisotopic (exact) mass is 790 g/mol. The molecule has 1 aliphatic rings. The second-order valence-corrected chi connectivity index (χ2v) is 16.0. The van der Waals surface area contributed by atoms with Crippen molar-refractivity contribution in [1.29, 1.82) is 0 Å². The number of carbonyl (C=O) groups excluding carboxylic acids is 5. The lowest BCUT2D eigenvalue weighted by Gasteiger charge is -2.41. The van der Waals surface area contributed by atoms with Crippen molar-refractivity contribution in [1.82, 2.24) is 25.3 Å². The molecule has 1 aromatic carbocycles. The van der Waals surface area contributed by atoms with Crippen LogP contribution in [0.25, 0.3) is 0 Å². The number of rotatable bonds is 21. The van der Waals surface area contributed by atoms with Gasteiger partial charge in [-0.15, -0.1) is 0 Å². The number of likely N-dealkylation sites (N-methyl/N-ethyl adjacent to an activating group) is 2. The Labute approximate surface area is 335 Å². The minimum absolute atomic E-state index is 0.0184. The van der Waals surface area contributed by atoms with Gasteiger partial charge in [-0.2, -0.15) is 0 Å². The van der Waals surface area contributed by atoms with Crippen molar-refractivity contribution in [2.75, 3.05) is 41.5 Å². The van der Waals surface area contributed by atoms with Crippen LogP contribution in [0, 0.1) is 23.7 Å². The molecular weight excluding hydrogens is 718 g/mol. The lowest BCUT2D eigenvalue weighted by molar-refractivity contribution is -0.148. The number of hydrogen-bond acceptors (Lipinski definition) is 9. The van der Waals surface area contributed by atoms with E-state index in [-0.39, 0.29) is 54.5 Å². The molecular formula is C42H71N5O9. The molecule has 0 radical (unpaired) electrons. The lowest BCUT2D eigenvalue weighted by Crippen LogP contribution is -2.60. The average molecular weight is 790 g/mol. The molecule has 56 heavy (non-hydrogen) atoms. The molecule has 1 heterocycles. The number of methoxy groups -OCH3 is 2. The molecule has 0 bridgehead atoms. The largest absolute Gasteiger partial charge is 0.450 e. The predicted molar refractivity (Wildman–Crippen MR) is 215 cm³/mol. The fourth-order valence-corrected chi connectivity index (χ4v) is 7.92. The number of benzene rings is 1. The first-order chi connectivity index (χ1) is 26.4. The highest BCUT2D eigenvalue weighted by Crippen LogP contribution is 2.30. The Kier molecular flexibility index (Phi) is 19.8. The van der Waals surface area contributed by atoms with Crippen LogP contribution in [0.3, 0.4) is 0 Å². The molecule has 14 heteroatoms. The van der Waals surface area contributed by atoms with Crippen molar-refractivity contribution in [3.63, 3.8) is 0 Å². The lowest BCUT2D eigenvalue weighted by atomic mass is 9.89. The molecule has 14 nitrogen and oxygen atoms in total. The molecule has 1 aromatic rings. The van der Waals surface area contributed by atoms with Gasteiger partial charge in [-0.25, -0.2) is 4.79 Å². The molecule has 318 valence electrons. The SMILES string of the molecule is CCOC(=O)N(C)[C@H](C(=O)N[C@H](C(=O)N(C)[C@H](C(CC(=O)N1CCC[C@H]1[C@H](OC)[C@@H](C)C(=O)N[C@H](C)[C@@H](O)c1ccccc1)OC)[C@@H](C)CC)C(C)C)C(C)C. The number of amides is 5. The molecule has 0 spiro atoms. The summed E-state index contributed by atoms with van der Waals surface area (Å²) in [4.78, 5) is 72.9. The van der Waals surface area contributed by atoms with Crippen molar-refractivity contribution in [3.8, 4) is 0 Å². The summed E-state index contributed by atoms with van der Waals surface area (Å²) in [5, 5.41) is 16.7. The zero-order valence-electron chi connectivity index (χ0n) is 36.1. The minimum Gasteiger partial charge on any atom is -0.450 e. The number of ether oxygens (including phenoxy) is 3. The summed E-state index contributed by atoms with van der Waals surface area (Å²) in [5.74, 6) is -2.53. The Morgan fingerprint density at radius 3 is 2.02 bits per heavy atom. The highest BCUT2D eigenvalue weighted by atomic mass is 16.6. The number of aliphatic hydroxyl groups is 1. The fraction of sp³-hybridized carbons (Fsp3) is 0.738. The number of hydrogen-bond donors (Lipinski definition) is 3. The topological polar surface area (TPSA) is 167 Å². The van der Waals surface area contributed by atoms with Gasteiger partial charge in [0.05, 0.1) is 55.4 Å². The predicted octanol–water partition coefficient (Wildman–Crippen LogP) is 4.40. The van der Waals surface area contributed by atoms with Crippen LogP contribution >= 0.6 is 0 Å². The van der Waals surface area contributed by atoms with Gasteiger partial charge >= 0.3 is 6.09 Å². The maximum Gasteiger partial charge on any atom is 0.410 e. The van der Waals surface area contributed by atoms with E-state index in [2.05, 4.69) is 10.6 Å². The smallest absolute Gasteiger partial charge is 0.410 e. The van der Waals surface area contributed by atoms with E-state index in [1.807, 2.05) is 71.9 Å². The summed E-state index contributed by atoms with van der Waals surface area (Å²) >= 11 is 0. The Bertz CT molecular complexity index is 1410. The number of nitrogens with one attached hydrogen (secondary N) is 2. The summed E-state index contributed by atoms with van der Waals surface area (Å²) in [7, 11) is 6.26. The van der Waals surface area contributed by atoms with E-state index in [1.165, 1.54) is 26.2 Å². The number of aliphatic hydroxyl groups excluding tert-OH is 1. The highest BCUT2D eigenvalue weighted by molar-refractivity contribution is 5.91. The van der Waals surface area contributed by atoms with Crippen LogP contribution in [0.5, 0.6) is 0 Å². The summed E-state index contributed by atoms with van der Waals surface area (Å²) in [6.07, 6.45) is -0.757. The van der Waals surface area contributed by atoms with Crippen LogP contribution < -0.4 is 10.6 Å². The second kappa shape index (κ2) is 22.9. The van der Waals surface area contributed by atoms with Gasteiger partial charge in [-0.3, -0.25) is 24.1 Å². The zero-order chi connectivity index (χ0) is 42.4. The van der Waals surface area contributed by atoms with E-state index < -0.39 is 60.4 Å². The van der Waals surface area contributed by atoms with Gasteiger partial charge in [0.1, 0.15) is 12.1 Å². The molecule has 1 aliphatic heterocycles. The summed E-state index contributed by atoms with van der Waals surface area (Å²) in [5.41, 5.74) is 0.697. The molecule has 0 aliphatic carbocycles. The Morgan fingerprint density at radius 2 is 1.50 bits per heavy atom. The average Bonchev–Trinajstić information content (AvgIpc) is 3.65. The van der Waals surface area contributed by atoms with Gasteiger partial charge in [0.25, 0.3) is 0 Å². The molecule has 1 unspecified atom stereocenters. The van der Waals surface area contributed by atoms with Crippen LogP contribution in [-0.2, 0) is 33.4 Å². The van der Waals surface area contributed by atoms with E-state index in [0.717, 1.165) is 6.42 Å². The first kappa shape index (κ1) is 48.4. The first-order valence-corrected chi connectivity index (χ1v) is 20.2. The van der Waals surface area contributed by atoms with E-state index in [0.29, 0.717) is 24.9 Å². The van der Waals surface area contributed by atoms with Crippen molar-refractivity contribution in [2.24, 2.45) is 23.7 Å². The van der Waals surface area contributed by atoms with Crippen molar-refractivity contribution >= 4 is 29.7 Å². The zero-order valence-corrected chi connectivity index (χ0v) is 36.1. The summed E-state index contributed by atoms with van der Waals surface area (Å²) in [6.45, 7) is 17.2. The van der Waals surface area contributed by atoms with E-state index in [9.17, 15) is 29.1 Å². The first-order valence-electron chi connectivity index (χ1n) is 20.2. The van der Waals surface area contributed by atoms with Crippen molar-refractivity contribution < 1.29 is 43.3 Å². The van der Waals surface area contributed by atoms with Crippen LogP contribution in [0.2, 0.25) is 0 Å². The van der Waals surface area contributed by atoms with Gasteiger partial charge in [0.15, 0.2) is 0 Å². The Hall–Kier alpha value is -3.75. The van der Waals surface area contributed by atoms with Crippen LogP contribution in [-0.4, -0.2) is 133 Å². The standard InChI is InChI=1S/C42H71N5O9/c1-14-27(7)36(45(10)41(52)34(25(3)4)44-40(51)35(26(5)6)46(11)42(53)56-15-2)32(54-12)24-33(48)47-23-19-22-31(47)38(55-13)28(8)39(50)43-29(9)37(49)30-20-17-16-18-21-30/h16-18,20-21,25-29,31-32,34-38,49H,14-15,19,22-24H2,1-13H3,(H,43,50)(H,44,51)/t27-,28+,29+,31-,32?,34-,35-,36-,37+,38+/m0/s1. The molecule has 2 rings (SSSR count). The number of likely N-dealkylation sites (tertiary alicyclic amines) is 1. The van der Waals surface area contributed by atoms with Gasteiger partial charge < -0.3 is 39.8 Å². The Morgan fingerprint density at radius 1 is 0.875 bits per heavy atom. The maximum absolute atomic E-state index is 14.3. The van der Waals surface area contributed by atoms with Crippen molar-refractivity contribution in [3.05, 3.63) is 35.9 Å². The molecule has 0 saturated carbocycles. The third-order valence-corrected chi connectivity index (χ3v) is 11.3. The molecule has 5 amide bonds. The van der Waals surface area contributed by atoms with Gasteiger partial charge in [0, 0.05) is 34.9 Å². The fourth-order valence-electron chi connectivity index (χ4n) is 7.92. The van der Waals surface area contributed by atoms with Crippen molar-refractivity contribution in [2.45, 2.75) is 137 Å². The summed E-state index contributed by atoms with van der Waals surface area (Å²) < 4.78 is 17.1. The third-order valence-electron chi connectivity index (χ3n) is 11.3. The highest BCUT2D eigenvalue weighted by Gasteiger charge is 2.43. The van der Waals surface area contributed by atoms with Gasteiger partial charge in [-0.1, -0.05) is 85.2 Å². The normalized spacial score (nSPS) is 19.2. The molecule has 10 atom stereocenters. The number of nitrogens with zero attached hydrogens (tertiary/aromatic N) is 3. The van der Waals surface area contributed by atoms with Gasteiger partial charge in [0.2, 0.25) is 23.6 Å². The summed E-state index contributed by atoms with van der Waals surface area (Å²) in [6, 6.07) is 5.90. The van der Waals surface area contributed by atoms with Crippen LogP contribution in [0.15, 0.2) is 30.3 Å². The molecule has 1 fully saturated rings. The quantitative estimate of drug-likeness (QED) is 0.164. The minimum atomic E-state index is -0.918. The molecule has 3 N–H and O–H groups in total. The van der Waals surface area contributed by atoms with E-state index in [4.69, 9.17) is 14.2 Å². The molecule has 0 aromatic heterocycles. The maximum atomic E-state index is 14.3. The Balaban J connectivity index is 2.28. The van der Waals surface area contributed by atoms with E-state index >= 15 is 0 Å². The second-order valence-electron chi connectivity index (χ2n) is 16.0. The van der Waals surface area contributed by atoms with Crippen LogP contribution in [0.4, 0.5) is 4.79 Å². The van der Waals surface area contributed by atoms with E-state index in [1.54, 1.807) is 37.6 Å². The number of carbonyl (C=O) groups is 5. The van der Waals surface area contributed by atoms with Gasteiger partial charge in [-0.05, 0) is 50.0 Å². The molecule has 1 saturated heterocycles.